The molecule has 26 heavy (non-hydrogen) atoms. The molecule has 3 rings (SSSR count). The van der Waals surface area contributed by atoms with Gasteiger partial charge in [-0.05, 0) is 59.9 Å². The van der Waals surface area contributed by atoms with Crippen molar-refractivity contribution in [1.82, 2.24) is 4.98 Å². The number of benzene rings is 1. The molecule has 134 valence electrons. The Morgan fingerprint density at radius 2 is 2.08 bits per heavy atom. The fourth-order valence-electron chi connectivity index (χ4n) is 3.23. The molecule has 1 aromatic carbocycles. The Labute approximate surface area is 151 Å². The van der Waals surface area contributed by atoms with Gasteiger partial charge in [0.2, 0.25) is 0 Å². The first-order valence-electron chi connectivity index (χ1n) is 8.34. The number of rotatable bonds is 4. The Bertz CT molecular complexity index is 888. The number of carbonyl (C=O) groups is 1. The molecule has 0 fully saturated rings. The van der Waals surface area contributed by atoms with Crippen LogP contribution in [0, 0.1) is 5.82 Å². The second-order valence-electron chi connectivity index (χ2n) is 6.08. The lowest BCUT2D eigenvalue weighted by molar-refractivity contribution is -0.146. The fraction of sp³-hybridized carbons (Fsp3) is 0.250. The van der Waals surface area contributed by atoms with E-state index >= 15 is 0 Å². The van der Waals surface area contributed by atoms with Crippen molar-refractivity contribution in [3.8, 4) is 0 Å². The predicted molar refractivity (Wildman–Crippen MR) is 98.9 cm³/mol. The molecule has 5 nitrogen and oxygen atoms in total. The smallest absolute Gasteiger partial charge is 0.303 e. The Balaban J connectivity index is 2.10. The molecule has 0 bridgehead atoms. The molecule has 6 heteroatoms. The molecule has 0 saturated carbocycles. The molecule has 1 atom stereocenters. The van der Waals surface area contributed by atoms with Gasteiger partial charge < -0.3 is 10.5 Å². The van der Waals surface area contributed by atoms with Gasteiger partial charge in [0.1, 0.15) is 11.9 Å². The first-order chi connectivity index (χ1) is 12.5. The summed E-state index contributed by atoms with van der Waals surface area (Å²) < 4.78 is 18.6. The zero-order valence-electron chi connectivity index (χ0n) is 14.7. The average molecular weight is 353 g/mol. The number of ether oxygens (including phenoxy) is 1. The normalized spacial score (nSPS) is 17.1. The summed E-state index contributed by atoms with van der Waals surface area (Å²) in [5.41, 5.74) is 11.0. The maximum atomic E-state index is 13.2. The van der Waals surface area contributed by atoms with Crippen LogP contribution in [0.5, 0.6) is 0 Å². The van der Waals surface area contributed by atoms with E-state index in [9.17, 15) is 9.18 Å². The molecule has 1 heterocycles. The van der Waals surface area contributed by atoms with Gasteiger partial charge in [0, 0.05) is 37.7 Å². The van der Waals surface area contributed by atoms with E-state index in [4.69, 9.17) is 10.5 Å². The van der Waals surface area contributed by atoms with Crippen LogP contribution in [0.1, 0.15) is 41.8 Å². The predicted octanol–water partition coefficient (Wildman–Crippen LogP) is 3.30. The van der Waals surface area contributed by atoms with Gasteiger partial charge in [-0.2, -0.15) is 0 Å². The summed E-state index contributed by atoms with van der Waals surface area (Å²) >= 11 is 0. The monoisotopic (exact) mass is 353 g/mol. The van der Waals surface area contributed by atoms with Gasteiger partial charge in [-0.3, -0.25) is 14.8 Å². The zero-order chi connectivity index (χ0) is 18.7. The number of aliphatic imine (C=N–C) groups is 1. The SMILES string of the molecule is CN=CC(=C(N)c1ccc(F)cc1)c1ccnc2c1CCC2OC(C)=O. The number of nitrogens with two attached hydrogens (primary N) is 1. The van der Waals surface area contributed by atoms with Crippen LogP contribution in [-0.2, 0) is 16.0 Å². The van der Waals surface area contributed by atoms with Crippen LogP contribution in [-0.4, -0.2) is 24.2 Å². The Morgan fingerprint density at radius 1 is 1.35 bits per heavy atom. The number of esters is 1. The first-order valence-corrected chi connectivity index (χ1v) is 8.34. The number of hydrogen-bond donors (Lipinski definition) is 1. The highest BCUT2D eigenvalue weighted by molar-refractivity contribution is 6.19. The molecule has 1 aliphatic rings. The molecule has 0 aliphatic heterocycles. The molecule has 0 saturated heterocycles. The van der Waals surface area contributed by atoms with E-state index in [2.05, 4.69) is 9.98 Å². The van der Waals surface area contributed by atoms with Crippen molar-refractivity contribution < 1.29 is 13.9 Å². The van der Waals surface area contributed by atoms with E-state index in [0.29, 0.717) is 17.7 Å². The summed E-state index contributed by atoms with van der Waals surface area (Å²) in [5, 5.41) is 0. The summed E-state index contributed by atoms with van der Waals surface area (Å²) in [6.45, 7) is 1.39. The van der Waals surface area contributed by atoms with Gasteiger partial charge in [0.25, 0.3) is 0 Å². The molecule has 0 radical (unpaired) electrons. The van der Waals surface area contributed by atoms with Crippen molar-refractivity contribution >= 4 is 23.5 Å². The Morgan fingerprint density at radius 3 is 2.73 bits per heavy atom. The third kappa shape index (κ3) is 3.49. The largest absolute Gasteiger partial charge is 0.456 e. The van der Waals surface area contributed by atoms with Gasteiger partial charge in [-0.1, -0.05) is 0 Å². The average Bonchev–Trinajstić information content (AvgIpc) is 3.02. The second kappa shape index (κ2) is 7.47. The third-order valence-electron chi connectivity index (χ3n) is 4.35. The van der Waals surface area contributed by atoms with E-state index in [1.165, 1.54) is 19.1 Å². The third-order valence-corrected chi connectivity index (χ3v) is 4.35. The highest BCUT2D eigenvalue weighted by atomic mass is 19.1. The van der Waals surface area contributed by atoms with Crippen molar-refractivity contribution in [3.63, 3.8) is 0 Å². The van der Waals surface area contributed by atoms with E-state index in [1.54, 1.807) is 31.6 Å². The van der Waals surface area contributed by atoms with Crippen molar-refractivity contribution in [2.45, 2.75) is 25.9 Å². The Hall–Kier alpha value is -3.02. The van der Waals surface area contributed by atoms with Crippen LogP contribution in [0.4, 0.5) is 4.39 Å². The zero-order valence-corrected chi connectivity index (χ0v) is 14.7. The van der Waals surface area contributed by atoms with Crippen molar-refractivity contribution in [2.75, 3.05) is 7.05 Å². The van der Waals surface area contributed by atoms with Gasteiger partial charge in [-0.15, -0.1) is 0 Å². The molecule has 2 N–H and O–H groups in total. The maximum Gasteiger partial charge on any atom is 0.303 e. The second-order valence-corrected chi connectivity index (χ2v) is 6.08. The van der Waals surface area contributed by atoms with E-state index in [0.717, 1.165) is 28.8 Å². The lowest BCUT2D eigenvalue weighted by Crippen LogP contribution is -2.08. The van der Waals surface area contributed by atoms with E-state index < -0.39 is 0 Å². The topological polar surface area (TPSA) is 77.6 Å². The number of allylic oxidation sites excluding steroid dienone is 1. The van der Waals surface area contributed by atoms with Crippen LogP contribution < -0.4 is 5.73 Å². The van der Waals surface area contributed by atoms with Crippen molar-refractivity contribution in [3.05, 3.63) is 64.7 Å². The summed E-state index contributed by atoms with van der Waals surface area (Å²) in [6.07, 6.45) is 4.44. The highest BCUT2D eigenvalue weighted by Gasteiger charge is 2.29. The molecular weight excluding hydrogens is 333 g/mol. The number of halogens is 1. The minimum absolute atomic E-state index is 0.318. The molecular formula is C20H20FN3O2. The summed E-state index contributed by atoms with van der Waals surface area (Å²) in [6, 6.07) is 7.89. The van der Waals surface area contributed by atoms with Crippen LogP contribution >= 0.6 is 0 Å². The maximum absolute atomic E-state index is 13.2. The first kappa shape index (κ1) is 17.8. The fourth-order valence-corrected chi connectivity index (χ4v) is 3.23. The lowest BCUT2D eigenvalue weighted by Gasteiger charge is -2.14. The number of fused-ring (bicyclic) bond motifs is 1. The van der Waals surface area contributed by atoms with Gasteiger partial charge in [0.15, 0.2) is 0 Å². The van der Waals surface area contributed by atoms with Crippen molar-refractivity contribution in [2.24, 2.45) is 10.7 Å². The number of nitrogens with zero attached hydrogens (tertiary/aromatic N) is 2. The number of hydrogen-bond acceptors (Lipinski definition) is 5. The van der Waals surface area contributed by atoms with Crippen LogP contribution in [0.3, 0.4) is 0 Å². The summed E-state index contributed by atoms with van der Waals surface area (Å²) in [7, 11) is 1.67. The minimum atomic E-state index is -0.339. The van der Waals surface area contributed by atoms with E-state index in [1.807, 2.05) is 6.07 Å². The minimum Gasteiger partial charge on any atom is -0.456 e. The van der Waals surface area contributed by atoms with Gasteiger partial charge >= 0.3 is 5.97 Å². The van der Waals surface area contributed by atoms with Crippen molar-refractivity contribution in [1.29, 1.82) is 0 Å². The lowest BCUT2D eigenvalue weighted by atomic mass is 9.96. The highest BCUT2D eigenvalue weighted by Crippen LogP contribution is 2.37. The molecule has 0 spiro atoms. The number of pyridine rings is 1. The molecule has 1 aliphatic carbocycles. The Kier molecular flexibility index (Phi) is 5.11. The molecule has 0 amide bonds. The molecule has 1 unspecified atom stereocenters. The van der Waals surface area contributed by atoms with Crippen LogP contribution in [0.15, 0.2) is 41.5 Å². The number of carbonyl (C=O) groups excluding carboxylic acids is 1. The van der Waals surface area contributed by atoms with Gasteiger partial charge in [0.05, 0.1) is 5.69 Å². The quantitative estimate of drug-likeness (QED) is 0.676. The molecule has 1 aromatic heterocycles. The molecule has 2 aromatic rings. The summed E-state index contributed by atoms with van der Waals surface area (Å²) in [4.78, 5) is 19.9. The van der Waals surface area contributed by atoms with Crippen LogP contribution in [0.25, 0.3) is 11.3 Å². The summed E-state index contributed by atoms with van der Waals surface area (Å²) in [5.74, 6) is -0.645. The van der Waals surface area contributed by atoms with Gasteiger partial charge in [-0.25, -0.2) is 4.39 Å². The number of aromatic nitrogens is 1. The van der Waals surface area contributed by atoms with Crippen LogP contribution in [0.2, 0.25) is 0 Å². The standard InChI is InChI=1S/C20H20FN3O2/c1-12(25)26-18-8-7-16-15(9-10-24-20(16)18)17(11-23-2)19(22)13-3-5-14(21)6-4-13/h3-6,9-11,18H,7-8,22H2,1-2H3. The van der Waals surface area contributed by atoms with E-state index in [-0.39, 0.29) is 17.9 Å².